The Morgan fingerprint density at radius 2 is 2.00 bits per heavy atom. The van der Waals surface area contributed by atoms with Crippen LogP contribution in [0.2, 0.25) is 0 Å². The minimum Gasteiger partial charge on any atom is -0.369 e. The second-order valence-electron chi connectivity index (χ2n) is 7.33. The predicted octanol–water partition coefficient (Wildman–Crippen LogP) is 2.51. The Labute approximate surface area is 162 Å². The zero-order chi connectivity index (χ0) is 19.2. The molecule has 0 spiro atoms. The van der Waals surface area contributed by atoms with Gasteiger partial charge in [-0.05, 0) is 37.1 Å². The average molecular weight is 370 g/mol. The second kappa shape index (κ2) is 9.04. The van der Waals surface area contributed by atoms with Crippen LogP contribution in [-0.4, -0.2) is 53.3 Å². The summed E-state index contributed by atoms with van der Waals surface area (Å²) in [6.07, 6.45) is 3.18. The molecule has 6 nitrogen and oxygen atoms in total. The van der Waals surface area contributed by atoms with Gasteiger partial charge in [0.25, 0.3) is 0 Å². The summed E-state index contributed by atoms with van der Waals surface area (Å²) in [7, 11) is 1.91. The first-order valence-corrected chi connectivity index (χ1v) is 9.88. The van der Waals surface area contributed by atoms with E-state index in [1.165, 1.54) is 11.3 Å². The number of rotatable bonds is 7. The maximum atomic E-state index is 12.4. The summed E-state index contributed by atoms with van der Waals surface area (Å²) in [4.78, 5) is 17.2. The Balaban J connectivity index is 1.43. The number of hydrogen-bond acceptors (Lipinski definition) is 4. The quantitative estimate of drug-likeness (QED) is 0.815. The Kier molecular flexibility index (Phi) is 6.50. The highest BCUT2D eigenvalue weighted by molar-refractivity contribution is 5.76. The monoisotopic (exact) mass is 369 g/mol. The molecular weight excluding hydrogens is 338 g/mol. The molecule has 146 valence electrons. The van der Waals surface area contributed by atoms with Crippen molar-refractivity contribution in [3.8, 4) is 0 Å². The van der Waals surface area contributed by atoms with Gasteiger partial charge in [-0.25, -0.2) is 0 Å². The number of aryl methyl sites for hydroxylation is 2. The van der Waals surface area contributed by atoms with Crippen LogP contribution in [0.5, 0.6) is 0 Å². The van der Waals surface area contributed by atoms with E-state index in [9.17, 15) is 4.79 Å². The van der Waals surface area contributed by atoms with Crippen LogP contribution in [0.25, 0.3) is 0 Å². The van der Waals surface area contributed by atoms with E-state index in [0.29, 0.717) is 6.42 Å². The van der Waals surface area contributed by atoms with Gasteiger partial charge < -0.3 is 10.2 Å². The summed E-state index contributed by atoms with van der Waals surface area (Å²) < 4.78 is 1.83. The number of piperazine rings is 1. The summed E-state index contributed by atoms with van der Waals surface area (Å²) >= 11 is 0. The first-order valence-electron chi connectivity index (χ1n) is 9.88. The third-order valence-corrected chi connectivity index (χ3v) is 5.35. The Hall–Kier alpha value is -2.34. The maximum Gasteiger partial charge on any atom is 0.221 e. The normalized spacial score (nSPS) is 16.3. The van der Waals surface area contributed by atoms with E-state index < -0.39 is 0 Å². The first-order chi connectivity index (χ1) is 13.1. The van der Waals surface area contributed by atoms with E-state index in [1.54, 1.807) is 6.20 Å². The van der Waals surface area contributed by atoms with Crippen molar-refractivity contribution in [2.75, 3.05) is 37.6 Å². The summed E-state index contributed by atoms with van der Waals surface area (Å²) in [5.74, 6) is 0.115. The molecule has 1 aromatic heterocycles. The minimum atomic E-state index is 0.0307. The molecule has 2 aromatic rings. The van der Waals surface area contributed by atoms with Crippen molar-refractivity contribution in [2.45, 2.75) is 32.7 Å². The lowest BCUT2D eigenvalue weighted by Crippen LogP contribution is -2.47. The molecule has 0 bridgehead atoms. The fraction of sp³-hybridized carbons (Fsp3) is 0.524. The van der Waals surface area contributed by atoms with Crippen molar-refractivity contribution in [1.29, 1.82) is 0 Å². The Bertz CT molecular complexity index is 749. The molecule has 1 aromatic carbocycles. The van der Waals surface area contributed by atoms with Crippen molar-refractivity contribution < 1.29 is 4.79 Å². The van der Waals surface area contributed by atoms with Gasteiger partial charge >= 0.3 is 0 Å². The van der Waals surface area contributed by atoms with Crippen LogP contribution in [0.4, 0.5) is 5.69 Å². The SMILES string of the molecule is CCC(NC(=O)CCN1CCN(c2cccc(C)c2)CC1)c1ccnn1C. The molecule has 27 heavy (non-hydrogen) atoms. The van der Waals surface area contributed by atoms with Crippen LogP contribution >= 0.6 is 0 Å². The summed E-state index contributed by atoms with van der Waals surface area (Å²) in [5.41, 5.74) is 3.65. The molecule has 0 aliphatic carbocycles. The lowest BCUT2D eigenvalue weighted by molar-refractivity contribution is -0.122. The van der Waals surface area contributed by atoms with Gasteiger partial charge in [-0.1, -0.05) is 19.1 Å². The van der Waals surface area contributed by atoms with E-state index in [4.69, 9.17) is 0 Å². The summed E-state index contributed by atoms with van der Waals surface area (Å²) in [6.45, 7) is 9.06. The third-order valence-electron chi connectivity index (χ3n) is 5.35. The molecule has 2 heterocycles. The van der Waals surface area contributed by atoms with E-state index in [2.05, 4.69) is 58.3 Å². The van der Waals surface area contributed by atoms with Gasteiger partial charge in [-0.2, -0.15) is 5.10 Å². The van der Waals surface area contributed by atoms with Crippen LogP contribution in [0.3, 0.4) is 0 Å². The molecule has 1 aliphatic heterocycles. The first kappa shape index (κ1) is 19.4. The number of aromatic nitrogens is 2. The van der Waals surface area contributed by atoms with Crippen LogP contribution in [0.1, 0.15) is 37.1 Å². The largest absolute Gasteiger partial charge is 0.369 e. The van der Waals surface area contributed by atoms with E-state index in [0.717, 1.165) is 44.8 Å². The lowest BCUT2D eigenvalue weighted by Gasteiger charge is -2.36. The van der Waals surface area contributed by atoms with Crippen molar-refractivity contribution in [1.82, 2.24) is 20.0 Å². The van der Waals surface area contributed by atoms with Crippen molar-refractivity contribution in [3.05, 3.63) is 47.8 Å². The number of carbonyl (C=O) groups excluding carboxylic acids is 1. The molecular formula is C21H31N5O. The molecule has 6 heteroatoms. The minimum absolute atomic E-state index is 0.0307. The maximum absolute atomic E-state index is 12.4. The molecule has 1 aliphatic rings. The number of carbonyl (C=O) groups is 1. The second-order valence-corrected chi connectivity index (χ2v) is 7.33. The fourth-order valence-electron chi connectivity index (χ4n) is 3.69. The molecule has 0 saturated carbocycles. The standard InChI is InChI=1S/C21H31N5O/c1-4-19(20-8-10-22-24(20)3)23-21(27)9-11-25-12-14-26(15-13-25)18-7-5-6-17(2)16-18/h5-8,10,16,19H,4,9,11-15H2,1-3H3,(H,23,27). The van der Waals surface area contributed by atoms with E-state index >= 15 is 0 Å². The molecule has 0 radical (unpaired) electrons. The van der Waals surface area contributed by atoms with Gasteiger partial charge in [0.15, 0.2) is 0 Å². The number of benzene rings is 1. The van der Waals surface area contributed by atoms with Crippen molar-refractivity contribution >= 4 is 11.6 Å². The molecule has 1 fully saturated rings. The van der Waals surface area contributed by atoms with Gasteiger partial charge in [0.2, 0.25) is 5.91 Å². The van der Waals surface area contributed by atoms with Crippen LogP contribution in [0.15, 0.2) is 36.5 Å². The fourth-order valence-corrected chi connectivity index (χ4v) is 3.69. The van der Waals surface area contributed by atoms with Crippen molar-refractivity contribution in [2.24, 2.45) is 7.05 Å². The van der Waals surface area contributed by atoms with Gasteiger partial charge in [-0.3, -0.25) is 14.4 Å². The van der Waals surface area contributed by atoms with Crippen molar-refractivity contribution in [3.63, 3.8) is 0 Å². The van der Waals surface area contributed by atoms with Gasteiger partial charge in [0.05, 0.1) is 11.7 Å². The highest BCUT2D eigenvalue weighted by atomic mass is 16.1. The molecule has 3 rings (SSSR count). The van der Waals surface area contributed by atoms with Crippen LogP contribution in [0, 0.1) is 6.92 Å². The zero-order valence-corrected chi connectivity index (χ0v) is 16.7. The Morgan fingerprint density at radius 3 is 2.63 bits per heavy atom. The predicted molar refractivity (Wildman–Crippen MR) is 109 cm³/mol. The smallest absolute Gasteiger partial charge is 0.221 e. The number of anilines is 1. The van der Waals surface area contributed by atoms with Gasteiger partial charge in [0.1, 0.15) is 0 Å². The Morgan fingerprint density at radius 1 is 1.22 bits per heavy atom. The molecule has 1 saturated heterocycles. The zero-order valence-electron chi connectivity index (χ0n) is 16.7. The summed E-state index contributed by atoms with van der Waals surface area (Å²) in [5, 5.41) is 7.36. The third kappa shape index (κ3) is 5.10. The van der Waals surface area contributed by atoms with E-state index in [-0.39, 0.29) is 11.9 Å². The van der Waals surface area contributed by atoms with E-state index in [1.807, 2.05) is 17.8 Å². The molecule has 1 atom stereocenters. The number of hydrogen-bond donors (Lipinski definition) is 1. The lowest BCUT2D eigenvalue weighted by atomic mass is 10.1. The molecule has 1 unspecified atom stereocenters. The topological polar surface area (TPSA) is 53.4 Å². The molecule has 1 amide bonds. The highest BCUT2D eigenvalue weighted by Gasteiger charge is 2.19. The average Bonchev–Trinajstić information content (AvgIpc) is 3.10. The van der Waals surface area contributed by atoms with Crippen LogP contribution in [-0.2, 0) is 11.8 Å². The number of nitrogens with zero attached hydrogens (tertiary/aromatic N) is 4. The number of amides is 1. The highest BCUT2D eigenvalue weighted by Crippen LogP contribution is 2.18. The van der Waals surface area contributed by atoms with Crippen LogP contribution < -0.4 is 10.2 Å². The molecule has 1 N–H and O–H groups in total. The van der Waals surface area contributed by atoms with Gasteiger partial charge in [-0.15, -0.1) is 0 Å². The number of nitrogens with one attached hydrogen (secondary N) is 1. The summed E-state index contributed by atoms with van der Waals surface area (Å²) in [6, 6.07) is 10.7. The van der Waals surface area contributed by atoms with Gasteiger partial charge in [0, 0.05) is 58.1 Å².